The van der Waals surface area contributed by atoms with Crippen LogP contribution < -0.4 is 10.9 Å². The largest absolute Gasteiger partial charge is 0.508 e. The van der Waals surface area contributed by atoms with Crippen LogP contribution in [0.3, 0.4) is 0 Å². The summed E-state index contributed by atoms with van der Waals surface area (Å²) in [7, 11) is 0. The number of carbonyl (C=O) groups is 1. The number of aromatic nitrogens is 2. The number of phenolic OH excluding ortho intramolecular Hbond substituents is 1. The van der Waals surface area contributed by atoms with Crippen LogP contribution in [-0.2, 0) is 11.3 Å². The number of aromatic hydroxyl groups is 1. The molecular weight excluding hydrogens is 426 g/mol. The molecular formula is C28H23N3O3. The van der Waals surface area contributed by atoms with Gasteiger partial charge < -0.3 is 10.4 Å². The van der Waals surface area contributed by atoms with Gasteiger partial charge in [-0.15, -0.1) is 0 Å². The minimum Gasteiger partial charge on any atom is -0.508 e. The molecule has 0 aliphatic heterocycles. The zero-order chi connectivity index (χ0) is 23.7. The number of carbonyl (C=O) groups excluding carboxylic acids is 1. The molecule has 0 saturated heterocycles. The highest BCUT2D eigenvalue weighted by Gasteiger charge is 2.23. The molecule has 168 valence electrons. The second kappa shape index (κ2) is 8.83. The molecule has 1 heterocycles. The Labute approximate surface area is 196 Å². The minimum atomic E-state index is -0.614. The fourth-order valence-corrected chi connectivity index (χ4v) is 4.41. The molecule has 5 aromatic rings. The summed E-state index contributed by atoms with van der Waals surface area (Å²) in [6, 6.07) is 27.3. The van der Waals surface area contributed by atoms with E-state index in [1.807, 2.05) is 79.7 Å². The summed E-state index contributed by atoms with van der Waals surface area (Å²) in [6.45, 7) is 1.58. The Morgan fingerprint density at radius 2 is 1.53 bits per heavy atom. The Morgan fingerprint density at radius 3 is 2.29 bits per heavy atom. The maximum Gasteiger partial charge on any atom is 0.275 e. The van der Waals surface area contributed by atoms with E-state index in [0.29, 0.717) is 16.6 Å². The first-order chi connectivity index (χ1) is 16.5. The zero-order valence-electron chi connectivity index (χ0n) is 18.6. The second-order valence-corrected chi connectivity index (χ2v) is 8.22. The average molecular weight is 450 g/mol. The van der Waals surface area contributed by atoms with Crippen molar-refractivity contribution in [2.45, 2.75) is 19.5 Å². The zero-order valence-corrected chi connectivity index (χ0v) is 18.6. The van der Waals surface area contributed by atoms with E-state index in [9.17, 15) is 14.7 Å². The Kier molecular flexibility index (Phi) is 5.55. The van der Waals surface area contributed by atoms with Gasteiger partial charge in [0.2, 0.25) is 5.91 Å². The first-order valence-electron chi connectivity index (χ1n) is 11.0. The van der Waals surface area contributed by atoms with Crippen molar-refractivity contribution in [2.75, 3.05) is 0 Å². The fraction of sp³-hybridized carbons (Fsp3) is 0.107. The molecule has 0 aliphatic carbocycles. The molecule has 34 heavy (non-hydrogen) atoms. The van der Waals surface area contributed by atoms with Crippen LogP contribution in [0.5, 0.6) is 5.75 Å². The Balaban J connectivity index is 1.55. The molecule has 6 heteroatoms. The number of aryl methyl sites for hydroxylation is 1. The number of phenols is 1. The van der Waals surface area contributed by atoms with Crippen LogP contribution in [0.25, 0.3) is 21.5 Å². The topological polar surface area (TPSA) is 84.2 Å². The third kappa shape index (κ3) is 3.90. The second-order valence-electron chi connectivity index (χ2n) is 8.22. The van der Waals surface area contributed by atoms with Gasteiger partial charge in [-0.25, -0.2) is 4.68 Å². The third-order valence-corrected chi connectivity index (χ3v) is 6.02. The van der Waals surface area contributed by atoms with Crippen molar-refractivity contribution in [1.82, 2.24) is 15.1 Å². The molecule has 0 radical (unpaired) electrons. The lowest BCUT2D eigenvalue weighted by atomic mass is 9.92. The molecule has 4 aromatic carbocycles. The fourth-order valence-electron chi connectivity index (χ4n) is 4.41. The molecule has 0 aliphatic rings. The number of benzene rings is 4. The molecule has 5 rings (SSSR count). The summed E-state index contributed by atoms with van der Waals surface area (Å²) < 4.78 is 1.19. The highest BCUT2D eigenvalue weighted by atomic mass is 16.3. The lowest BCUT2D eigenvalue weighted by Crippen LogP contribution is -2.36. The Hall–Kier alpha value is -4.45. The van der Waals surface area contributed by atoms with E-state index in [0.717, 1.165) is 21.7 Å². The third-order valence-electron chi connectivity index (χ3n) is 6.02. The Bertz CT molecular complexity index is 1580. The average Bonchev–Trinajstić information content (AvgIpc) is 2.86. The number of amides is 1. The van der Waals surface area contributed by atoms with E-state index in [1.54, 1.807) is 18.2 Å². The molecule has 0 saturated carbocycles. The highest BCUT2D eigenvalue weighted by Crippen LogP contribution is 2.35. The normalized spacial score (nSPS) is 12.0. The van der Waals surface area contributed by atoms with Gasteiger partial charge >= 0.3 is 0 Å². The van der Waals surface area contributed by atoms with Gasteiger partial charge in [-0.2, -0.15) is 5.10 Å². The predicted molar refractivity (Wildman–Crippen MR) is 133 cm³/mol. The summed E-state index contributed by atoms with van der Waals surface area (Å²) in [5, 5.41) is 21.3. The monoisotopic (exact) mass is 449 g/mol. The lowest BCUT2D eigenvalue weighted by Gasteiger charge is -2.23. The summed E-state index contributed by atoms with van der Waals surface area (Å²) in [6.07, 6.45) is 0. The van der Waals surface area contributed by atoms with Crippen LogP contribution in [0.2, 0.25) is 0 Å². The minimum absolute atomic E-state index is 0.0877. The molecule has 0 spiro atoms. The molecule has 0 bridgehead atoms. The van der Waals surface area contributed by atoms with Gasteiger partial charge in [0.25, 0.3) is 5.56 Å². The number of fused-ring (bicyclic) bond motifs is 2. The van der Waals surface area contributed by atoms with Crippen molar-refractivity contribution >= 4 is 27.5 Å². The van der Waals surface area contributed by atoms with Crippen molar-refractivity contribution in [3.8, 4) is 5.75 Å². The lowest BCUT2D eigenvalue weighted by molar-refractivity contribution is -0.122. The van der Waals surface area contributed by atoms with Crippen LogP contribution >= 0.6 is 0 Å². The van der Waals surface area contributed by atoms with E-state index in [2.05, 4.69) is 10.4 Å². The van der Waals surface area contributed by atoms with Crippen LogP contribution in [0.15, 0.2) is 95.8 Å². The van der Waals surface area contributed by atoms with Crippen LogP contribution in [0.1, 0.15) is 22.9 Å². The van der Waals surface area contributed by atoms with Gasteiger partial charge in [-0.1, -0.05) is 78.9 Å². The summed E-state index contributed by atoms with van der Waals surface area (Å²) >= 11 is 0. The van der Waals surface area contributed by atoms with Gasteiger partial charge in [0.15, 0.2) is 0 Å². The summed E-state index contributed by atoms with van der Waals surface area (Å²) in [4.78, 5) is 26.2. The highest BCUT2D eigenvalue weighted by molar-refractivity contribution is 5.89. The number of hydrogen-bond acceptors (Lipinski definition) is 4. The maximum atomic E-state index is 13.2. The van der Waals surface area contributed by atoms with Crippen LogP contribution in [0.4, 0.5) is 0 Å². The molecule has 1 unspecified atom stereocenters. The summed E-state index contributed by atoms with van der Waals surface area (Å²) in [5.74, 6) is -0.296. The molecule has 2 N–H and O–H groups in total. The SMILES string of the molecule is Cc1nn(CC(=O)NC(c2ccccc2)c2c(O)ccc3ccccc23)c(=O)c2ccccc12. The molecule has 1 amide bonds. The predicted octanol–water partition coefficient (Wildman–Crippen LogP) is 4.47. The standard InChI is InChI=1S/C28H23N3O3/c1-18-21-12-7-8-14-23(21)28(34)31(30-18)17-25(33)29-27(20-10-3-2-4-11-20)26-22-13-6-5-9-19(22)15-16-24(26)32/h2-16,27,32H,17H2,1H3,(H,29,33). The number of hydrogen-bond donors (Lipinski definition) is 2. The van der Waals surface area contributed by atoms with Crippen LogP contribution in [-0.4, -0.2) is 20.8 Å². The summed E-state index contributed by atoms with van der Waals surface area (Å²) in [5.41, 5.74) is 1.78. The van der Waals surface area contributed by atoms with Crippen molar-refractivity contribution in [3.05, 3.63) is 118 Å². The van der Waals surface area contributed by atoms with Crippen molar-refractivity contribution in [2.24, 2.45) is 0 Å². The number of nitrogens with zero attached hydrogens (tertiary/aromatic N) is 2. The first kappa shape index (κ1) is 21.4. The van der Waals surface area contributed by atoms with Crippen LogP contribution in [0, 0.1) is 6.92 Å². The van der Waals surface area contributed by atoms with Crippen molar-refractivity contribution in [1.29, 1.82) is 0 Å². The van der Waals surface area contributed by atoms with Crippen molar-refractivity contribution in [3.63, 3.8) is 0 Å². The van der Waals surface area contributed by atoms with E-state index in [4.69, 9.17) is 0 Å². The molecule has 1 aromatic heterocycles. The van der Waals surface area contributed by atoms with Gasteiger partial charge in [0, 0.05) is 10.9 Å². The quantitative estimate of drug-likeness (QED) is 0.415. The number of rotatable bonds is 5. The maximum absolute atomic E-state index is 13.2. The molecule has 6 nitrogen and oxygen atoms in total. The molecule has 1 atom stereocenters. The van der Waals surface area contributed by atoms with Gasteiger partial charge in [-0.3, -0.25) is 9.59 Å². The van der Waals surface area contributed by atoms with E-state index < -0.39 is 6.04 Å². The van der Waals surface area contributed by atoms with Gasteiger partial charge in [0.1, 0.15) is 12.3 Å². The van der Waals surface area contributed by atoms with Gasteiger partial charge in [-0.05, 0) is 35.4 Å². The number of nitrogens with one attached hydrogen (secondary N) is 1. The molecule has 0 fully saturated rings. The van der Waals surface area contributed by atoms with E-state index in [-0.39, 0.29) is 23.8 Å². The van der Waals surface area contributed by atoms with E-state index >= 15 is 0 Å². The van der Waals surface area contributed by atoms with Gasteiger partial charge in [0.05, 0.1) is 17.1 Å². The first-order valence-corrected chi connectivity index (χ1v) is 11.0. The Morgan fingerprint density at radius 1 is 0.882 bits per heavy atom. The smallest absolute Gasteiger partial charge is 0.275 e. The van der Waals surface area contributed by atoms with E-state index in [1.165, 1.54) is 4.68 Å². The van der Waals surface area contributed by atoms with Crippen molar-refractivity contribution < 1.29 is 9.90 Å².